The molecular formula is C11H21N3O. The zero-order chi connectivity index (χ0) is 11.5. The highest BCUT2D eigenvalue weighted by Crippen LogP contribution is 2.06. The second-order valence-electron chi connectivity index (χ2n) is 4.96. The van der Waals surface area contributed by atoms with E-state index >= 15 is 0 Å². The summed E-state index contributed by atoms with van der Waals surface area (Å²) in [6, 6.07) is 0.343. The first-order valence-electron chi connectivity index (χ1n) is 5.50. The number of aryl methyl sites for hydroxylation is 1. The molecule has 1 rings (SSSR count). The fourth-order valence-corrected chi connectivity index (χ4v) is 1.57. The molecule has 86 valence electrons. The Labute approximate surface area is 91.5 Å². The average Bonchev–Trinajstić information content (AvgIpc) is 2.48. The zero-order valence-electron chi connectivity index (χ0n) is 10.3. The fourth-order valence-electron chi connectivity index (χ4n) is 1.57. The number of aromatic nitrogens is 2. The molecule has 0 aliphatic carbocycles. The molecule has 15 heavy (non-hydrogen) atoms. The fraction of sp³-hybridized carbons (Fsp3) is 0.818. The van der Waals surface area contributed by atoms with E-state index in [1.165, 1.54) is 0 Å². The Bertz CT molecular complexity index is 301. The molecule has 0 fully saturated rings. The standard InChI is InChI=1S/C11H21N3O/c1-6-9-12-10(15-14-9)7-8(2)13-11(3,4)5/h8,13H,6-7H2,1-5H3/t8-/m1/s1. The van der Waals surface area contributed by atoms with Crippen LogP contribution >= 0.6 is 0 Å². The van der Waals surface area contributed by atoms with Crippen LogP contribution in [-0.4, -0.2) is 21.7 Å². The molecule has 1 atom stereocenters. The summed E-state index contributed by atoms with van der Waals surface area (Å²) in [5.41, 5.74) is 0.118. The molecule has 1 N–H and O–H groups in total. The molecule has 0 aliphatic rings. The van der Waals surface area contributed by atoms with Gasteiger partial charge >= 0.3 is 0 Å². The number of rotatable bonds is 4. The van der Waals surface area contributed by atoms with Crippen molar-refractivity contribution in [2.75, 3.05) is 0 Å². The predicted octanol–water partition coefficient (Wildman–Crippen LogP) is 1.95. The summed E-state index contributed by atoms with van der Waals surface area (Å²) in [5, 5.41) is 7.34. The number of nitrogens with one attached hydrogen (secondary N) is 1. The van der Waals surface area contributed by atoms with E-state index in [9.17, 15) is 0 Å². The van der Waals surface area contributed by atoms with Gasteiger partial charge in [0, 0.05) is 24.4 Å². The second kappa shape index (κ2) is 4.75. The van der Waals surface area contributed by atoms with Gasteiger partial charge in [0.25, 0.3) is 0 Å². The van der Waals surface area contributed by atoms with Crippen LogP contribution in [0.5, 0.6) is 0 Å². The minimum atomic E-state index is 0.118. The van der Waals surface area contributed by atoms with Crippen LogP contribution < -0.4 is 5.32 Å². The van der Waals surface area contributed by atoms with Gasteiger partial charge in [0.05, 0.1) is 0 Å². The lowest BCUT2D eigenvalue weighted by atomic mass is 10.1. The van der Waals surface area contributed by atoms with Crippen molar-refractivity contribution in [2.45, 2.75) is 59.0 Å². The Morgan fingerprint density at radius 3 is 2.53 bits per heavy atom. The van der Waals surface area contributed by atoms with Gasteiger partial charge in [-0.1, -0.05) is 12.1 Å². The summed E-state index contributed by atoms with van der Waals surface area (Å²) in [6.07, 6.45) is 1.61. The van der Waals surface area contributed by atoms with Gasteiger partial charge in [-0.05, 0) is 27.7 Å². The van der Waals surface area contributed by atoms with Crippen LogP contribution in [-0.2, 0) is 12.8 Å². The quantitative estimate of drug-likeness (QED) is 0.827. The molecular weight excluding hydrogens is 190 g/mol. The third-order valence-electron chi connectivity index (χ3n) is 1.99. The van der Waals surface area contributed by atoms with E-state index in [-0.39, 0.29) is 5.54 Å². The third kappa shape index (κ3) is 4.42. The van der Waals surface area contributed by atoms with E-state index in [0.717, 1.165) is 24.6 Å². The van der Waals surface area contributed by atoms with Crippen molar-refractivity contribution in [3.63, 3.8) is 0 Å². The lowest BCUT2D eigenvalue weighted by molar-refractivity contribution is 0.326. The average molecular weight is 211 g/mol. The maximum Gasteiger partial charge on any atom is 0.228 e. The highest BCUT2D eigenvalue weighted by Gasteiger charge is 2.16. The Kier molecular flexibility index (Phi) is 3.85. The zero-order valence-corrected chi connectivity index (χ0v) is 10.3. The van der Waals surface area contributed by atoms with Crippen LogP contribution in [0.15, 0.2) is 4.52 Å². The molecule has 0 aliphatic heterocycles. The van der Waals surface area contributed by atoms with Gasteiger partial charge in [0.2, 0.25) is 5.89 Å². The van der Waals surface area contributed by atoms with E-state index in [2.05, 4.69) is 43.2 Å². The maximum atomic E-state index is 5.14. The lowest BCUT2D eigenvalue weighted by Gasteiger charge is -2.25. The van der Waals surface area contributed by atoms with Crippen LogP contribution in [0.3, 0.4) is 0 Å². The first kappa shape index (κ1) is 12.2. The van der Waals surface area contributed by atoms with E-state index in [1.807, 2.05) is 6.92 Å². The van der Waals surface area contributed by atoms with Crippen molar-refractivity contribution >= 4 is 0 Å². The Balaban J connectivity index is 2.47. The predicted molar refractivity (Wildman–Crippen MR) is 59.7 cm³/mol. The molecule has 1 aromatic rings. The van der Waals surface area contributed by atoms with Gasteiger partial charge in [-0.25, -0.2) is 0 Å². The lowest BCUT2D eigenvalue weighted by Crippen LogP contribution is -2.43. The molecule has 1 heterocycles. The Morgan fingerprint density at radius 1 is 1.40 bits per heavy atom. The summed E-state index contributed by atoms with van der Waals surface area (Å²) >= 11 is 0. The second-order valence-corrected chi connectivity index (χ2v) is 4.96. The molecule has 0 radical (unpaired) electrons. The summed E-state index contributed by atoms with van der Waals surface area (Å²) in [4.78, 5) is 4.28. The molecule has 0 saturated carbocycles. The molecule has 4 nitrogen and oxygen atoms in total. The molecule has 0 amide bonds. The third-order valence-corrected chi connectivity index (χ3v) is 1.99. The largest absolute Gasteiger partial charge is 0.339 e. The van der Waals surface area contributed by atoms with Crippen molar-refractivity contribution in [3.05, 3.63) is 11.7 Å². The first-order valence-corrected chi connectivity index (χ1v) is 5.50. The van der Waals surface area contributed by atoms with Crippen molar-refractivity contribution in [2.24, 2.45) is 0 Å². The van der Waals surface area contributed by atoms with Gasteiger partial charge in [-0.3, -0.25) is 0 Å². The van der Waals surface area contributed by atoms with Crippen molar-refractivity contribution in [1.82, 2.24) is 15.5 Å². The minimum Gasteiger partial charge on any atom is -0.339 e. The summed E-state index contributed by atoms with van der Waals surface area (Å²) < 4.78 is 5.14. The van der Waals surface area contributed by atoms with Crippen molar-refractivity contribution < 1.29 is 4.52 Å². The summed E-state index contributed by atoms with van der Waals surface area (Å²) in [6.45, 7) is 10.6. The van der Waals surface area contributed by atoms with Gasteiger partial charge in [-0.15, -0.1) is 0 Å². The van der Waals surface area contributed by atoms with E-state index in [4.69, 9.17) is 4.52 Å². The van der Waals surface area contributed by atoms with Gasteiger partial charge in [0.15, 0.2) is 5.82 Å². The van der Waals surface area contributed by atoms with Gasteiger partial charge in [-0.2, -0.15) is 4.98 Å². The number of nitrogens with zero attached hydrogens (tertiary/aromatic N) is 2. The number of hydrogen-bond donors (Lipinski definition) is 1. The molecule has 4 heteroatoms. The van der Waals surface area contributed by atoms with Crippen LogP contribution in [0.2, 0.25) is 0 Å². The summed E-state index contributed by atoms with van der Waals surface area (Å²) in [5.74, 6) is 1.50. The van der Waals surface area contributed by atoms with Crippen LogP contribution in [0, 0.1) is 0 Å². The molecule has 0 aromatic carbocycles. The summed E-state index contributed by atoms with van der Waals surface area (Å²) in [7, 11) is 0. The smallest absolute Gasteiger partial charge is 0.228 e. The SMILES string of the molecule is CCc1noc(C[C@@H](C)NC(C)(C)C)n1. The number of hydrogen-bond acceptors (Lipinski definition) is 4. The molecule has 0 unspecified atom stereocenters. The van der Waals surface area contributed by atoms with Gasteiger partial charge < -0.3 is 9.84 Å². The minimum absolute atomic E-state index is 0.118. The van der Waals surface area contributed by atoms with Crippen molar-refractivity contribution in [3.8, 4) is 0 Å². The highest BCUT2D eigenvalue weighted by molar-refractivity contribution is 4.89. The topological polar surface area (TPSA) is 51.0 Å². The molecule has 0 spiro atoms. The normalized spacial score (nSPS) is 14.2. The monoisotopic (exact) mass is 211 g/mol. The Morgan fingerprint density at radius 2 is 2.07 bits per heavy atom. The highest BCUT2D eigenvalue weighted by atomic mass is 16.5. The van der Waals surface area contributed by atoms with E-state index < -0.39 is 0 Å². The van der Waals surface area contributed by atoms with E-state index in [1.54, 1.807) is 0 Å². The first-order chi connectivity index (χ1) is 6.90. The van der Waals surface area contributed by atoms with Crippen LogP contribution in [0.4, 0.5) is 0 Å². The maximum absolute atomic E-state index is 5.14. The van der Waals surface area contributed by atoms with Crippen LogP contribution in [0.25, 0.3) is 0 Å². The molecule has 0 bridgehead atoms. The van der Waals surface area contributed by atoms with E-state index in [0.29, 0.717) is 6.04 Å². The van der Waals surface area contributed by atoms with Crippen molar-refractivity contribution in [1.29, 1.82) is 0 Å². The van der Waals surface area contributed by atoms with Crippen LogP contribution in [0.1, 0.15) is 46.3 Å². The molecule has 1 aromatic heterocycles. The molecule has 0 saturated heterocycles. The Hall–Kier alpha value is -0.900. The van der Waals surface area contributed by atoms with Gasteiger partial charge in [0.1, 0.15) is 0 Å².